The number of carbonyl (C=O) groups excluding carboxylic acids is 1. The molecule has 2 rings (SSSR count). The second-order valence-corrected chi connectivity index (χ2v) is 7.73. The zero-order valence-electron chi connectivity index (χ0n) is 13.0. The van der Waals surface area contributed by atoms with Crippen LogP contribution in [0.5, 0.6) is 0 Å². The van der Waals surface area contributed by atoms with Crippen LogP contribution in [-0.4, -0.2) is 32.7 Å². The van der Waals surface area contributed by atoms with Crippen LogP contribution in [0.15, 0.2) is 47.4 Å². The molecule has 0 aromatic heterocycles. The topological polar surface area (TPSA) is 66.5 Å². The molecule has 1 N–H and O–H groups in total. The molecule has 0 radical (unpaired) electrons. The average molecular weight is 353 g/mol. The number of nitrogens with zero attached hydrogens (tertiary/aromatic N) is 1. The Labute approximate surface area is 140 Å². The molecule has 0 heterocycles. The lowest BCUT2D eigenvalue weighted by Crippen LogP contribution is -2.23. The lowest BCUT2D eigenvalue weighted by atomic mass is 10.1. The van der Waals surface area contributed by atoms with Crippen LogP contribution in [-0.2, 0) is 10.0 Å². The number of hydrogen-bond acceptors (Lipinski definition) is 3. The van der Waals surface area contributed by atoms with E-state index in [0.29, 0.717) is 5.69 Å². The minimum absolute atomic E-state index is 0.0751. The van der Waals surface area contributed by atoms with E-state index in [9.17, 15) is 13.2 Å². The maximum atomic E-state index is 12.4. The fraction of sp³-hybridized carbons (Fsp3) is 0.188. The van der Waals surface area contributed by atoms with Crippen molar-refractivity contribution >= 4 is 33.2 Å². The Balaban J connectivity index is 2.38. The Kier molecular flexibility index (Phi) is 5.09. The molecule has 5 nitrogen and oxygen atoms in total. The second kappa shape index (κ2) is 6.70. The molecule has 0 bridgehead atoms. The largest absolute Gasteiger partial charge is 0.322 e. The van der Waals surface area contributed by atoms with Crippen molar-refractivity contribution in [3.05, 3.63) is 58.6 Å². The first kappa shape index (κ1) is 17.5. The SMILES string of the molecule is Cc1ccccc1NC(=O)c1ccc(Cl)c(S(=O)(=O)N(C)C)c1. The van der Waals surface area contributed by atoms with Crippen molar-refractivity contribution < 1.29 is 13.2 Å². The summed E-state index contributed by atoms with van der Waals surface area (Å²) in [6.45, 7) is 1.87. The Morgan fingerprint density at radius 2 is 1.78 bits per heavy atom. The molecule has 23 heavy (non-hydrogen) atoms. The average Bonchev–Trinajstić information content (AvgIpc) is 2.49. The summed E-state index contributed by atoms with van der Waals surface area (Å²) in [4.78, 5) is 12.3. The highest BCUT2D eigenvalue weighted by molar-refractivity contribution is 7.89. The number of carbonyl (C=O) groups is 1. The molecule has 0 spiro atoms. The van der Waals surface area contributed by atoms with E-state index in [1.807, 2.05) is 25.1 Å². The summed E-state index contributed by atoms with van der Waals surface area (Å²) in [5.74, 6) is -0.397. The van der Waals surface area contributed by atoms with Crippen molar-refractivity contribution in [2.75, 3.05) is 19.4 Å². The van der Waals surface area contributed by atoms with Crippen molar-refractivity contribution in [1.29, 1.82) is 0 Å². The molecule has 0 aliphatic rings. The lowest BCUT2D eigenvalue weighted by Gasteiger charge is -2.14. The van der Waals surface area contributed by atoms with Gasteiger partial charge in [0.05, 0.1) is 5.02 Å². The number of benzene rings is 2. The van der Waals surface area contributed by atoms with Gasteiger partial charge < -0.3 is 5.32 Å². The maximum Gasteiger partial charge on any atom is 0.255 e. The standard InChI is InChI=1S/C16H17ClN2O3S/c1-11-6-4-5-7-14(11)18-16(20)12-8-9-13(17)15(10-12)23(21,22)19(2)3/h4-10H,1-3H3,(H,18,20). The Hall–Kier alpha value is -1.89. The van der Waals surface area contributed by atoms with Gasteiger partial charge in [-0.25, -0.2) is 12.7 Å². The molecule has 2 aromatic carbocycles. The van der Waals surface area contributed by atoms with E-state index in [1.54, 1.807) is 6.07 Å². The molecule has 0 aliphatic heterocycles. The number of amides is 1. The molecule has 2 aromatic rings. The molecular formula is C16H17ClN2O3S. The van der Waals surface area contributed by atoms with Crippen LogP contribution in [0.3, 0.4) is 0 Å². The van der Waals surface area contributed by atoms with Gasteiger partial charge in [-0.05, 0) is 36.8 Å². The van der Waals surface area contributed by atoms with E-state index in [4.69, 9.17) is 11.6 Å². The van der Waals surface area contributed by atoms with Crippen LogP contribution in [0, 0.1) is 6.92 Å². The minimum Gasteiger partial charge on any atom is -0.322 e. The van der Waals surface area contributed by atoms with Gasteiger partial charge in [-0.2, -0.15) is 0 Å². The van der Waals surface area contributed by atoms with Crippen molar-refractivity contribution in [3.8, 4) is 0 Å². The number of anilines is 1. The smallest absolute Gasteiger partial charge is 0.255 e. The van der Waals surface area contributed by atoms with Gasteiger partial charge in [0.2, 0.25) is 10.0 Å². The second-order valence-electron chi connectivity index (χ2n) is 5.20. The lowest BCUT2D eigenvalue weighted by molar-refractivity contribution is 0.102. The van der Waals surface area contributed by atoms with Gasteiger partial charge in [0.15, 0.2) is 0 Å². The van der Waals surface area contributed by atoms with E-state index >= 15 is 0 Å². The Morgan fingerprint density at radius 1 is 1.13 bits per heavy atom. The van der Waals surface area contributed by atoms with E-state index in [1.165, 1.54) is 32.3 Å². The van der Waals surface area contributed by atoms with Crippen LogP contribution in [0.4, 0.5) is 5.69 Å². The van der Waals surface area contributed by atoms with E-state index in [0.717, 1.165) is 9.87 Å². The fourth-order valence-corrected chi connectivity index (χ4v) is 3.34. The third-order valence-corrected chi connectivity index (χ3v) is 5.64. The molecule has 0 unspecified atom stereocenters. The molecular weight excluding hydrogens is 336 g/mol. The van der Waals surface area contributed by atoms with Crippen LogP contribution in [0.2, 0.25) is 5.02 Å². The monoisotopic (exact) mass is 352 g/mol. The predicted molar refractivity (Wildman–Crippen MR) is 91.5 cm³/mol. The molecule has 122 valence electrons. The summed E-state index contributed by atoms with van der Waals surface area (Å²) in [5.41, 5.74) is 1.80. The molecule has 0 saturated carbocycles. The molecule has 0 saturated heterocycles. The predicted octanol–water partition coefficient (Wildman–Crippen LogP) is 3.15. The number of nitrogens with one attached hydrogen (secondary N) is 1. The summed E-state index contributed by atoms with van der Waals surface area (Å²) in [5, 5.41) is 2.84. The highest BCUT2D eigenvalue weighted by atomic mass is 35.5. The summed E-state index contributed by atoms with van der Waals surface area (Å²) in [6.07, 6.45) is 0. The summed E-state index contributed by atoms with van der Waals surface area (Å²) in [6, 6.07) is 11.5. The number of hydrogen-bond donors (Lipinski definition) is 1. The number of para-hydroxylation sites is 1. The van der Waals surface area contributed by atoms with Crippen molar-refractivity contribution in [2.45, 2.75) is 11.8 Å². The number of aryl methyl sites for hydroxylation is 1. The van der Waals surface area contributed by atoms with Crippen LogP contribution >= 0.6 is 11.6 Å². The third-order valence-electron chi connectivity index (χ3n) is 3.35. The Bertz CT molecular complexity index is 848. The van der Waals surface area contributed by atoms with Gasteiger partial charge in [-0.1, -0.05) is 29.8 Å². The van der Waals surface area contributed by atoms with Gasteiger partial charge >= 0.3 is 0 Å². The summed E-state index contributed by atoms with van der Waals surface area (Å²) < 4.78 is 25.6. The van der Waals surface area contributed by atoms with Crippen LogP contribution < -0.4 is 5.32 Å². The van der Waals surface area contributed by atoms with Gasteiger partial charge in [-0.3, -0.25) is 4.79 Å². The first-order chi connectivity index (χ1) is 10.7. The molecule has 0 aliphatic carbocycles. The number of rotatable bonds is 4. The molecule has 7 heteroatoms. The van der Waals surface area contributed by atoms with Crippen LogP contribution in [0.1, 0.15) is 15.9 Å². The summed E-state index contributed by atoms with van der Waals surface area (Å²) >= 11 is 5.98. The first-order valence-electron chi connectivity index (χ1n) is 6.82. The van der Waals surface area contributed by atoms with Gasteiger partial charge in [-0.15, -0.1) is 0 Å². The molecule has 0 atom stereocenters. The molecule has 1 amide bonds. The molecule has 0 fully saturated rings. The third kappa shape index (κ3) is 3.72. The quantitative estimate of drug-likeness (QED) is 0.919. The van der Waals surface area contributed by atoms with E-state index < -0.39 is 15.9 Å². The van der Waals surface area contributed by atoms with Crippen molar-refractivity contribution in [1.82, 2.24) is 4.31 Å². The van der Waals surface area contributed by atoms with Crippen molar-refractivity contribution in [3.63, 3.8) is 0 Å². The Morgan fingerprint density at radius 3 is 2.39 bits per heavy atom. The number of halogens is 1. The highest BCUT2D eigenvalue weighted by Gasteiger charge is 2.22. The van der Waals surface area contributed by atoms with Gasteiger partial charge in [0.25, 0.3) is 5.91 Å². The van der Waals surface area contributed by atoms with Crippen LogP contribution in [0.25, 0.3) is 0 Å². The van der Waals surface area contributed by atoms with Crippen molar-refractivity contribution in [2.24, 2.45) is 0 Å². The normalized spacial score (nSPS) is 11.5. The van der Waals surface area contributed by atoms with Gasteiger partial charge in [0, 0.05) is 25.3 Å². The fourth-order valence-electron chi connectivity index (χ4n) is 1.95. The van der Waals surface area contributed by atoms with Gasteiger partial charge in [0.1, 0.15) is 4.90 Å². The zero-order chi connectivity index (χ0) is 17.2. The highest BCUT2D eigenvalue weighted by Crippen LogP contribution is 2.25. The van der Waals surface area contributed by atoms with E-state index in [2.05, 4.69) is 5.32 Å². The first-order valence-corrected chi connectivity index (χ1v) is 8.64. The zero-order valence-corrected chi connectivity index (χ0v) is 14.6. The maximum absolute atomic E-state index is 12.4. The minimum atomic E-state index is -3.72. The number of sulfonamides is 1. The van der Waals surface area contributed by atoms with E-state index in [-0.39, 0.29) is 15.5 Å². The summed E-state index contributed by atoms with van der Waals surface area (Å²) in [7, 11) is -0.906.